The van der Waals surface area contributed by atoms with Gasteiger partial charge >= 0.3 is 0 Å². The van der Waals surface area contributed by atoms with Gasteiger partial charge in [-0.2, -0.15) is 5.26 Å². The minimum atomic E-state index is 0.264. The number of benzene rings is 3. The lowest BCUT2D eigenvalue weighted by atomic mass is 10.0. The maximum Gasteiger partial charge on any atom is 0.162 e. The van der Waals surface area contributed by atoms with E-state index in [1.165, 1.54) is 0 Å². The number of hydrogen-bond donors (Lipinski definition) is 0. The van der Waals surface area contributed by atoms with Crippen LogP contribution < -0.4 is 9.47 Å². The van der Waals surface area contributed by atoms with Crippen LogP contribution in [-0.2, 0) is 6.61 Å². The van der Waals surface area contributed by atoms with Crippen LogP contribution in [0.3, 0.4) is 0 Å². The fraction of sp³-hybridized carbons (Fsp3) is 0.125. The van der Waals surface area contributed by atoms with E-state index >= 15 is 0 Å². The Kier molecular flexibility index (Phi) is 8.45. The highest BCUT2D eigenvalue weighted by Crippen LogP contribution is 2.36. The van der Waals surface area contributed by atoms with E-state index in [1.54, 1.807) is 12.1 Å². The van der Waals surface area contributed by atoms with Gasteiger partial charge in [0, 0.05) is 24.6 Å². The summed E-state index contributed by atoms with van der Waals surface area (Å²) in [5, 5.41) is 10.8. The van der Waals surface area contributed by atoms with E-state index in [-0.39, 0.29) is 6.61 Å². The molecule has 3 aromatic carbocycles. The highest BCUT2D eigenvalue weighted by atomic mass is 79.9. The lowest BCUT2D eigenvalue weighted by Gasteiger charge is -2.15. The Hall–Kier alpha value is -1.97. The lowest BCUT2D eigenvalue weighted by molar-refractivity contribution is 0.269. The first-order valence-corrected chi connectivity index (χ1v) is 11.7. The monoisotopic (exact) mass is 579 g/mol. The molecule has 0 aliphatic carbocycles. The molecule has 3 rings (SSSR count). The average molecular weight is 582 g/mol. The Morgan fingerprint density at radius 2 is 1.71 bits per heavy atom. The van der Waals surface area contributed by atoms with Crippen LogP contribution in [0.25, 0.3) is 11.6 Å². The van der Waals surface area contributed by atoms with Crippen molar-refractivity contribution in [3.63, 3.8) is 0 Å². The number of nitriles is 1. The van der Waals surface area contributed by atoms with Crippen LogP contribution in [0, 0.1) is 11.3 Å². The summed E-state index contributed by atoms with van der Waals surface area (Å²) in [7, 11) is 0. The molecule has 3 nitrogen and oxygen atoms in total. The molecular formula is C24H17Br2Cl2NO2. The molecule has 158 valence electrons. The summed E-state index contributed by atoms with van der Waals surface area (Å²) in [4.78, 5) is 0. The third-order valence-corrected chi connectivity index (χ3v) is 6.14. The summed E-state index contributed by atoms with van der Waals surface area (Å²) in [5.74, 6) is 1.15. The summed E-state index contributed by atoms with van der Waals surface area (Å²) < 4.78 is 13.5. The summed E-state index contributed by atoms with van der Waals surface area (Å²) in [6.45, 7) is 2.64. The number of halogens is 4. The molecule has 0 fully saturated rings. The van der Waals surface area contributed by atoms with E-state index in [2.05, 4.69) is 37.9 Å². The second kappa shape index (κ2) is 11.1. The summed E-state index contributed by atoms with van der Waals surface area (Å²) in [6, 6.07) is 18.8. The molecule has 31 heavy (non-hydrogen) atoms. The lowest BCUT2D eigenvalue weighted by Crippen LogP contribution is -2.01. The molecule has 0 saturated carbocycles. The van der Waals surface area contributed by atoms with Gasteiger partial charge < -0.3 is 9.47 Å². The minimum Gasteiger partial charge on any atom is -0.490 e. The van der Waals surface area contributed by atoms with Crippen LogP contribution in [-0.4, -0.2) is 6.61 Å². The van der Waals surface area contributed by atoms with E-state index in [0.29, 0.717) is 33.7 Å². The van der Waals surface area contributed by atoms with Gasteiger partial charge in [-0.25, -0.2) is 0 Å². The summed E-state index contributed by atoms with van der Waals surface area (Å²) in [5.41, 5.74) is 2.99. The normalized spacial score (nSPS) is 11.2. The third-order valence-electron chi connectivity index (χ3n) is 4.34. The van der Waals surface area contributed by atoms with Gasteiger partial charge in [0.2, 0.25) is 0 Å². The summed E-state index contributed by atoms with van der Waals surface area (Å²) in [6.07, 6.45) is 1.82. The topological polar surface area (TPSA) is 42.2 Å². The largest absolute Gasteiger partial charge is 0.490 e. The van der Waals surface area contributed by atoms with Crippen LogP contribution >= 0.6 is 55.1 Å². The molecule has 0 aromatic heterocycles. The maximum atomic E-state index is 9.66. The summed E-state index contributed by atoms with van der Waals surface area (Å²) >= 11 is 19.2. The van der Waals surface area contributed by atoms with Crippen LogP contribution in [0.2, 0.25) is 10.0 Å². The van der Waals surface area contributed by atoms with E-state index in [1.807, 2.05) is 55.5 Å². The predicted molar refractivity (Wildman–Crippen MR) is 134 cm³/mol. The van der Waals surface area contributed by atoms with Gasteiger partial charge in [0.1, 0.15) is 6.61 Å². The van der Waals surface area contributed by atoms with Crippen LogP contribution in [0.4, 0.5) is 0 Å². The molecular weight excluding hydrogens is 565 g/mol. The molecule has 0 spiro atoms. The minimum absolute atomic E-state index is 0.264. The Morgan fingerprint density at radius 3 is 2.35 bits per heavy atom. The average Bonchev–Trinajstić information content (AvgIpc) is 2.74. The highest BCUT2D eigenvalue weighted by Gasteiger charge is 2.13. The number of nitrogens with zero attached hydrogens (tertiary/aromatic N) is 1. The Balaban J connectivity index is 1.92. The van der Waals surface area contributed by atoms with Crippen molar-refractivity contribution in [2.45, 2.75) is 13.5 Å². The van der Waals surface area contributed by atoms with Gasteiger partial charge in [-0.1, -0.05) is 73.3 Å². The second-order valence-electron chi connectivity index (χ2n) is 6.45. The van der Waals surface area contributed by atoms with Gasteiger partial charge in [-0.3, -0.25) is 0 Å². The molecule has 0 N–H and O–H groups in total. The van der Waals surface area contributed by atoms with Crippen molar-refractivity contribution in [2.75, 3.05) is 6.61 Å². The fourth-order valence-electron chi connectivity index (χ4n) is 2.80. The van der Waals surface area contributed by atoms with E-state index in [9.17, 15) is 5.26 Å². The SMILES string of the molecule is CCOc1cc(/C=C(\C#N)c2ccc(Br)cc2)c(Br)cc1OCc1ccc(Cl)cc1Cl. The van der Waals surface area contributed by atoms with E-state index < -0.39 is 0 Å². The zero-order chi connectivity index (χ0) is 22.4. The Morgan fingerprint density at radius 1 is 1.00 bits per heavy atom. The van der Waals surface area contributed by atoms with E-state index in [4.69, 9.17) is 32.7 Å². The van der Waals surface area contributed by atoms with Crippen molar-refractivity contribution in [1.82, 2.24) is 0 Å². The maximum absolute atomic E-state index is 9.66. The van der Waals surface area contributed by atoms with Crippen molar-refractivity contribution in [1.29, 1.82) is 5.26 Å². The number of ether oxygens (including phenoxy) is 2. The Bertz CT molecular complexity index is 1160. The first kappa shape index (κ1) is 23.7. The molecule has 0 saturated heterocycles. The van der Waals surface area contributed by atoms with Gasteiger partial charge in [-0.15, -0.1) is 0 Å². The Labute approximate surface area is 208 Å². The molecule has 0 heterocycles. The zero-order valence-electron chi connectivity index (χ0n) is 16.5. The standard InChI is InChI=1S/C24H17Br2Cl2NO2/c1-2-30-23-10-17(9-18(13-29)15-3-6-19(25)7-4-15)21(26)12-24(23)31-14-16-5-8-20(27)11-22(16)28/h3-12H,2,14H2,1H3/b18-9+. The third kappa shape index (κ3) is 6.27. The molecule has 0 atom stereocenters. The van der Waals surface area contributed by atoms with Crippen molar-refractivity contribution in [3.8, 4) is 17.6 Å². The van der Waals surface area contributed by atoms with Gasteiger partial charge in [-0.05, 0) is 60.5 Å². The van der Waals surface area contributed by atoms with Gasteiger partial charge in [0.25, 0.3) is 0 Å². The fourth-order valence-corrected chi connectivity index (χ4v) is 3.97. The molecule has 7 heteroatoms. The highest BCUT2D eigenvalue weighted by molar-refractivity contribution is 9.10. The van der Waals surface area contributed by atoms with Crippen LogP contribution in [0.5, 0.6) is 11.5 Å². The van der Waals surface area contributed by atoms with Crippen molar-refractivity contribution in [3.05, 3.63) is 90.3 Å². The molecule has 0 unspecified atom stereocenters. The quantitative estimate of drug-likeness (QED) is 0.207. The molecule has 0 aliphatic rings. The molecule has 0 radical (unpaired) electrons. The second-order valence-corrected chi connectivity index (χ2v) is 9.07. The number of allylic oxidation sites excluding steroid dienone is 1. The number of rotatable bonds is 7. The van der Waals surface area contributed by atoms with Crippen molar-refractivity contribution < 1.29 is 9.47 Å². The first-order valence-electron chi connectivity index (χ1n) is 9.32. The van der Waals surface area contributed by atoms with Gasteiger partial charge in [0.15, 0.2) is 11.5 Å². The molecule has 0 aliphatic heterocycles. The van der Waals surface area contributed by atoms with Gasteiger partial charge in [0.05, 0.1) is 18.2 Å². The molecule has 0 bridgehead atoms. The predicted octanol–water partition coefficient (Wildman–Crippen LogP) is 8.56. The van der Waals surface area contributed by atoms with Crippen LogP contribution in [0.15, 0.2) is 63.5 Å². The zero-order valence-corrected chi connectivity index (χ0v) is 21.1. The smallest absolute Gasteiger partial charge is 0.162 e. The van der Waals surface area contributed by atoms with Crippen molar-refractivity contribution in [2.24, 2.45) is 0 Å². The van der Waals surface area contributed by atoms with E-state index in [0.717, 1.165) is 25.6 Å². The first-order chi connectivity index (χ1) is 14.9. The molecule has 3 aromatic rings. The molecule has 0 amide bonds. The van der Waals surface area contributed by atoms with Crippen molar-refractivity contribution >= 4 is 66.7 Å². The van der Waals surface area contributed by atoms with Crippen LogP contribution in [0.1, 0.15) is 23.6 Å². The number of hydrogen-bond acceptors (Lipinski definition) is 3.